The smallest absolute Gasteiger partial charge is 0.263 e. The number of Topliss-reactive ketones (excluding diaryl/α,β-unsaturated/α-hetero) is 1. The van der Waals surface area contributed by atoms with Crippen molar-refractivity contribution in [3.8, 4) is 22.5 Å². The summed E-state index contributed by atoms with van der Waals surface area (Å²) in [5.41, 5.74) is 3.25. The first kappa shape index (κ1) is 19.2. The van der Waals surface area contributed by atoms with Crippen molar-refractivity contribution in [1.82, 2.24) is 9.55 Å². The lowest BCUT2D eigenvalue weighted by Crippen LogP contribution is -2.24. The van der Waals surface area contributed by atoms with Gasteiger partial charge in [-0.05, 0) is 31.5 Å². The predicted molar refractivity (Wildman–Crippen MR) is 115 cm³/mol. The first-order valence-electron chi connectivity index (χ1n) is 9.28. The van der Waals surface area contributed by atoms with Crippen LogP contribution in [-0.4, -0.2) is 15.3 Å². The van der Waals surface area contributed by atoms with E-state index in [1.165, 1.54) is 30.4 Å². The Labute approximate surface area is 171 Å². The summed E-state index contributed by atoms with van der Waals surface area (Å²) in [5.74, 6) is 0.235. The fraction of sp³-hybridized carbons (Fsp3) is 0.174. The Kier molecular flexibility index (Phi) is 5.11. The Balaban J connectivity index is 1.95. The maximum absolute atomic E-state index is 13.5. The lowest BCUT2D eigenvalue weighted by molar-refractivity contribution is -0.117. The van der Waals surface area contributed by atoms with Gasteiger partial charge in [-0.3, -0.25) is 14.2 Å². The zero-order valence-corrected chi connectivity index (χ0v) is 16.9. The lowest BCUT2D eigenvalue weighted by Gasteiger charge is -2.13. The number of benzene rings is 2. The summed E-state index contributed by atoms with van der Waals surface area (Å²) in [6.07, 6.45) is 0.252. The maximum Gasteiger partial charge on any atom is 0.263 e. The third-order valence-corrected chi connectivity index (χ3v) is 5.72. The second kappa shape index (κ2) is 7.72. The zero-order chi connectivity index (χ0) is 20.5. The standard InChI is InChI=1S/C23H19FN2O2S/c1-14-3-5-17(6-4-14)21-25-22-20(23(28)26(21)12-11-15(2)27)19(13-29-22)16-7-9-18(24)10-8-16/h3-10,13H,11-12H2,1-2H3. The highest BCUT2D eigenvalue weighted by atomic mass is 32.1. The lowest BCUT2D eigenvalue weighted by atomic mass is 10.1. The van der Waals surface area contributed by atoms with Crippen LogP contribution in [-0.2, 0) is 11.3 Å². The molecule has 4 nitrogen and oxygen atoms in total. The van der Waals surface area contributed by atoms with Crippen molar-refractivity contribution in [3.05, 3.63) is 75.6 Å². The summed E-state index contributed by atoms with van der Waals surface area (Å²) in [6.45, 7) is 3.77. The van der Waals surface area contributed by atoms with E-state index in [4.69, 9.17) is 4.98 Å². The number of carbonyl (C=O) groups excluding carboxylic acids is 1. The molecule has 4 rings (SSSR count). The molecule has 6 heteroatoms. The summed E-state index contributed by atoms with van der Waals surface area (Å²) in [5, 5.41) is 2.38. The number of nitrogens with zero attached hydrogens (tertiary/aromatic N) is 2. The van der Waals surface area contributed by atoms with Crippen molar-refractivity contribution in [2.75, 3.05) is 0 Å². The minimum absolute atomic E-state index is 0.0101. The highest BCUT2D eigenvalue weighted by Gasteiger charge is 2.18. The molecule has 0 amide bonds. The number of hydrogen-bond acceptors (Lipinski definition) is 4. The molecule has 0 N–H and O–H groups in total. The van der Waals surface area contributed by atoms with E-state index in [0.717, 1.165) is 22.3 Å². The highest BCUT2D eigenvalue weighted by Crippen LogP contribution is 2.32. The van der Waals surface area contributed by atoms with Crippen LogP contribution in [0, 0.1) is 12.7 Å². The summed E-state index contributed by atoms with van der Waals surface area (Å²) < 4.78 is 14.9. The number of ketones is 1. The third-order valence-electron chi connectivity index (χ3n) is 4.85. The Morgan fingerprint density at radius 1 is 1.07 bits per heavy atom. The van der Waals surface area contributed by atoms with Crippen LogP contribution >= 0.6 is 11.3 Å². The van der Waals surface area contributed by atoms with Crippen molar-refractivity contribution in [2.24, 2.45) is 0 Å². The molecule has 0 saturated carbocycles. The molecule has 0 fully saturated rings. The molecule has 0 aliphatic rings. The quantitative estimate of drug-likeness (QED) is 0.457. The van der Waals surface area contributed by atoms with Crippen LogP contribution in [0.4, 0.5) is 4.39 Å². The van der Waals surface area contributed by atoms with Crippen LogP contribution in [0.15, 0.2) is 58.7 Å². The number of fused-ring (bicyclic) bond motifs is 1. The van der Waals surface area contributed by atoms with E-state index < -0.39 is 0 Å². The van der Waals surface area contributed by atoms with Gasteiger partial charge in [0.05, 0.1) is 5.39 Å². The number of hydrogen-bond donors (Lipinski definition) is 0. The van der Waals surface area contributed by atoms with Gasteiger partial charge in [-0.1, -0.05) is 42.0 Å². The van der Waals surface area contributed by atoms with E-state index in [1.54, 1.807) is 16.7 Å². The molecule has 146 valence electrons. The Morgan fingerprint density at radius 3 is 2.38 bits per heavy atom. The van der Waals surface area contributed by atoms with Gasteiger partial charge in [0.25, 0.3) is 5.56 Å². The Hall–Kier alpha value is -3.12. The van der Waals surface area contributed by atoms with Crippen molar-refractivity contribution in [3.63, 3.8) is 0 Å². The van der Waals surface area contributed by atoms with Crippen LogP contribution < -0.4 is 5.56 Å². The maximum atomic E-state index is 13.5. The highest BCUT2D eigenvalue weighted by molar-refractivity contribution is 7.17. The van der Waals surface area contributed by atoms with Gasteiger partial charge in [0.2, 0.25) is 0 Å². The van der Waals surface area contributed by atoms with E-state index in [-0.39, 0.29) is 30.1 Å². The molecule has 0 bridgehead atoms. The molecule has 29 heavy (non-hydrogen) atoms. The topological polar surface area (TPSA) is 52.0 Å². The normalized spacial score (nSPS) is 11.1. The van der Waals surface area contributed by atoms with E-state index in [0.29, 0.717) is 16.0 Å². The summed E-state index contributed by atoms with van der Waals surface area (Å²) in [6, 6.07) is 13.9. The monoisotopic (exact) mass is 406 g/mol. The van der Waals surface area contributed by atoms with E-state index in [1.807, 2.05) is 36.6 Å². The molecule has 2 aromatic carbocycles. The SMILES string of the molecule is CC(=O)CCn1c(-c2ccc(C)cc2)nc2scc(-c3ccc(F)cc3)c2c1=O. The number of aryl methyl sites for hydroxylation is 1. The molecule has 0 atom stereocenters. The van der Waals surface area contributed by atoms with Crippen molar-refractivity contribution in [1.29, 1.82) is 0 Å². The second-order valence-corrected chi connectivity index (χ2v) is 7.90. The molecular weight excluding hydrogens is 387 g/mol. The van der Waals surface area contributed by atoms with Gasteiger partial charge >= 0.3 is 0 Å². The van der Waals surface area contributed by atoms with E-state index in [9.17, 15) is 14.0 Å². The zero-order valence-electron chi connectivity index (χ0n) is 16.1. The molecule has 0 unspecified atom stereocenters. The average Bonchev–Trinajstić information content (AvgIpc) is 3.12. The third kappa shape index (κ3) is 3.76. The van der Waals surface area contributed by atoms with Gasteiger partial charge in [0, 0.05) is 29.5 Å². The van der Waals surface area contributed by atoms with Crippen LogP contribution in [0.3, 0.4) is 0 Å². The van der Waals surface area contributed by atoms with Gasteiger partial charge in [0.15, 0.2) is 0 Å². The number of thiophene rings is 1. The number of carbonyl (C=O) groups is 1. The van der Waals surface area contributed by atoms with Crippen LogP contribution in [0.2, 0.25) is 0 Å². The Morgan fingerprint density at radius 2 is 1.72 bits per heavy atom. The Bertz CT molecular complexity index is 1260. The van der Waals surface area contributed by atoms with E-state index in [2.05, 4.69) is 0 Å². The van der Waals surface area contributed by atoms with E-state index >= 15 is 0 Å². The molecule has 2 heterocycles. The first-order chi connectivity index (χ1) is 13.9. The molecular formula is C23H19FN2O2S. The predicted octanol–water partition coefficient (Wildman–Crippen LogP) is 5.22. The van der Waals surface area contributed by atoms with Crippen molar-refractivity contribution >= 4 is 27.3 Å². The number of aromatic nitrogens is 2. The van der Waals surface area contributed by atoms with Gasteiger partial charge in [-0.15, -0.1) is 11.3 Å². The summed E-state index contributed by atoms with van der Waals surface area (Å²) in [7, 11) is 0. The van der Waals surface area contributed by atoms with Crippen LogP contribution in [0.1, 0.15) is 18.9 Å². The molecule has 2 aromatic heterocycles. The van der Waals surface area contributed by atoms with Crippen molar-refractivity contribution in [2.45, 2.75) is 26.8 Å². The minimum Gasteiger partial charge on any atom is -0.300 e. The number of rotatable bonds is 5. The number of halogens is 1. The second-order valence-electron chi connectivity index (χ2n) is 7.05. The summed E-state index contributed by atoms with van der Waals surface area (Å²) in [4.78, 5) is 30.5. The largest absolute Gasteiger partial charge is 0.300 e. The molecule has 0 radical (unpaired) electrons. The van der Waals surface area contributed by atoms with Crippen LogP contribution in [0.25, 0.3) is 32.7 Å². The summed E-state index contributed by atoms with van der Waals surface area (Å²) >= 11 is 1.39. The molecule has 0 aliphatic carbocycles. The van der Waals surface area contributed by atoms with Gasteiger partial charge in [-0.25, -0.2) is 9.37 Å². The fourth-order valence-electron chi connectivity index (χ4n) is 3.27. The first-order valence-corrected chi connectivity index (χ1v) is 10.2. The van der Waals surface area contributed by atoms with Gasteiger partial charge < -0.3 is 0 Å². The van der Waals surface area contributed by atoms with Crippen LogP contribution in [0.5, 0.6) is 0 Å². The van der Waals surface area contributed by atoms with Gasteiger partial charge in [0.1, 0.15) is 22.3 Å². The minimum atomic E-state index is -0.327. The average molecular weight is 406 g/mol. The molecule has 0 saturated heterocycles. The molecule has 0 spiro atoms. The molecule has 4 aromatic rings. The fourth-order valence-corrected chi connectivity index (χ4v) is 4.20. The van der Waals surface area contributed by atoms with Gasteiger partial charge in [-0.2, -0.15) is 0 Å². The molecule has 0 aliphatic heterocycles. The van der Waals surface area contributed by atoms with Crippen molar-refractivity contribution < 1.29 is 9.18 Å².